The minimum absolute atomic E-state index is 1.07. The molecule has 0 atom stereocenters. The molecule has 0 unspecified atom stereocenters. The first-order valence-corrected chi connectivity index (χ1v) is 5.68. The van der Waals surface area contributed by atoms with Gasteiger partial charge < -0.3 is 4.90 Å². The predicted molar refractivity (Wildman–Crippen MR) is 64.9 cm³/mol. The Labute approximate surface area is 90.6 Å². The van der Waals surface area contributed by atoms with Crippen molar-refractivity contribution in [2.24, 2.45) is 0 Å². The third kappa shape index (κ3) is 2.00. The first-order valence-electron chi connectivity index (χ1n) is 5.18. The topological polar surface area (TPSA) is 3.24 Å². The molecule has 1 rings (SSSR count). The molecule has 0 N–H and O–H groups in total. The van der Waals surface area contributed by atoms with Crippen molar-refractivity contribution in [1.29, 1.82) is 0 Å². The molecule has 1 nitrogen and oxygen atoms in total. The van der Waals surface area contributed by atoms with Crippen molar-refractivity contribution in [2.45, 2.75) is 27.7 Å². The molecule has 75 valence electrons. The summed E-state index contributed by atoms with van der Waals surface area (Å²) in [6.07, 6.45) is 0. The lowest BCUT2D eigenvalue weighted by molar-refractivity contribution is 0.861. The van der Waals surface area contributed by atoms with Gasteiger partial charge >= 0.3 is 0 Å². The van der Waals surface area contributed by atoms with Gasteiger partial charge in [-0.25, -0.2) is 0 Å². The van der Waals surface area contributed by atoms with E-state index in [1.807, 2.05) is 0 Å². The van der Waals surface area contributed by atoms with Gasteiger partial charge in [0.25, 0.3) is 0 Å². The highest BCUT2D eigenvalue weighted by Gasteiger charge is 2.07. The Hall–Kier alpha value is -0.763. The number of hydrogen-bond acceptors (Lipinski definition) is 1. The zero-order chi connectivity index (χ0) is 10.7. The van der Waals surface area contributed by atoms with E-state index in [9.17, 15) is 0 Å². The molecular weight excluding hydrogens is 186 g/mol. The SMILES string of the molecule is CCN(CC)c1ccc([Si])c(C)c1C. The first kappa shape index (κ1) is 11.3. The zero-order valence-corrected chi connectivity index (χ0v) is 10.5. The summed E-state index contributed by atoms with van der Waals surface area (Å²) in [7, 11) is 3.61. The van der Waals surface area contributed by atoms with Gasteiger partial charge in [0.1, 0.15) is 0 Å². The van der Waals surface area contributed by atoms with Crippen molar-refractivity contribution >= 4 is 21.1 Å². The van der Waals surface area contributed by atoms with Crippen LogP contribution in [0.4, 0.5) is 5.69 Å². The Morgan fingerprint density at radius 2 is 1.64 bits per heavy atom. The third-order valence-corrected chi connectivity index (χ3v) is 3.40. The molecule has 0 heterocycles. The third-order valence-electron chi connectivity index (χ3n) is 2.86. The van der Waals surface area contributed by atoms with Gasteiger partial charge in [-0.15, -0.1) is 0 Å². The Morgan fingerprint density at radius 1 is 1.07 bits per heavy atom. The molecule has 1 aromatic rings. The van der Waals surface area contributed by atoms with Gasteiger partial charge in [0, 0.05) is 18.8 Å². The fourth-order valence-corrected chi connectivity index (χ4v) is 1.98. The molecule has 2 heteroatoms. The van der Waals surface area contributed by atoms with Crippen LogP contribution in [-0.4, -0.2) is 23.3 Å². The van der Waals surface area contributed by atoms with Crippen LogP contribution in [0, 0.1) is 13.8 Å². The molecule has 0 spiro atoms. The second kappa shape index (κ2) is 4.65. The number of hydrogen-bond donors (Lipinski definition) is 0. The van der Waals surface area contributed by atoms with E-state index in [4.69, 9.17) is 0 Å². The van der Waals surface area contributed by atoms with Gasteiger partial charge in [-0.2, -0.15) is 0 Å². The summed E-state index contributed by atoms with van der Waals surface area (Å²) in [4.78, 5) is 2.38. The summed E-state index contributed by atoms with van der Waals surface area (Å²) >= 11 is 0. The van der Waals surface area contributed by atoms with E-state index in [-0.39, 0.29) is 0 Å². The molecule has 0 saturated heterocycles. The molecule has 3 radical (unpaired) electrons. The summed E-state index contributed by atoms with van der Waals surface area (Å²) in [6.45, 7) is 10.9. The minimum Gasteiger partial charge on any atom is -0.372 e. The first-order chi connectivity index (χ1) is 6.61. The fraction of sp³-hybridized carbons (Fsp3) is 0.500. The van der Waals surface area contributed by atoms with Crippen molar-refractivity contribution in [3.05, 3.63) is 23.3 Å². The lowest BCUT2D eigenvalue weighted by atomic mass is 10.1. The number of anilines is 1. The van der Waals surface area contributed by atoms with E-state index in [0.29, 0.717) is 0 Å². The molecule has 1 aromatic carbocycles. The summed E-state index contributed by atoms with van der Waals surface area (Å²) in [5, 5.41) is 1.19. The van der Waals surface area contributed by atoms with Crippen LogP contribution in [0.3, 0.4) is 0 Å². The van der Waals surface area contributed by atoms with E-state index in [0.717, 1.165) is 13.1 Å². The molecule has 14 heavy (non-hydrogen) atoms. The fourth-order valence-electron chi connectivity index (χ4n) is 1.71. The molecule has 0 amide bonds. The lowest BCUT2D eigenvalue weighted by Gasteiger charge is -2.24. The van der Waals surface area contributed by atoms with Crippen LogP contribution < -0.4 is 10.1 Å². The quantitative estimate of drug-likeness (QED) is 0.680. The molecule has 0 aromatic heterocycles. The van der Waals surface area contributed by atoms with Crippen LogP contribution in [0.25, 0.3) is 0 Å². The average molecular weight is 204 g/mol. The van der Waals surface area contributed by atoms with E-state index >= 15 is 0 Å². The van der Waals surface area contributed by atoms with Crippen molar-refractivity contribution in [3.63, 3.8) is 0 Å². The van der Waals surface area contributed by atoms with Crippen LogP contribution in [0.15, 0.2) is 12.1 Å². The van der Waals surface area contributed by atoms with Gasteiger partial charge in [0.15, 0.2) is 0 Å². The number of rotatable bonds is 3. The molecule has 0 aliphatic carbocycles. The van der Waals surface area contributed by atoms with E-state index in [2.05, 4.69) is 55.0 Å². The van der Waals surface area contributed by atoms with Crippen molar-refractivity contribution in [3.8, 4) is 0 Å². The molecule has 0 bridgehead atoms. The lowest BCUT2D eigenvalue weighted by Crippen LogP contribution is -2.24. The highest BCUT2D eigenvalue weighted by Crippen LogP contribution is 2.20. The average Bonchev–Trinajstić information content (AvgIpc) is 2.19. The van der Waals surface area contributed by atoms with E-state index < -0.39 is 0 Å². The zero-order valence-electron chi connectivity index (χ0n) is 9.52. The van der Waals surface area contributed by atoms with Crippen LogP contribution in [0.5, 0.6) is 0 Å². The standard InChI is InChI=1S/C12H18NSi/c1-5-13(6-2)11-7-8-12(14)10(4)9(11)3/h7-8H,5-6H2,1-4H3. The highest BCUT2D eigenvalue weighted by atomic mass is 28.1. The molecule has 0 aliphatic heterocycles. The number of benzene rings is 1. The van der Waals surface area contributed by atoms with Gasteiger partial charge in [0.2, 0.25) is 0 Å². The summed E-state index contributed by atoms with van der Waals surface area (Å²) in [6, 6.07) is 4.32. The maximum absolute atomic E-state index is 3.61. The number of nitrogens with zero attached hydrogens (tertiary/aromatic N) is 1. The van der Waals surface area contributed by atoms with Gasteiger partial charge in [-0.05, 0) is 44.9 Å². The van der Waals surface area contributed by atoms with Crippen LogP contribution >= 0.6 is 0 Å². The largest absolute Gasteiger partial charge is 0.372 e. The van der Waals surface area contributed by atoms with Gasteiger partial charge in [0.05, 0.1) is 10.2 Å². The predicted octanol–water partition coefficient (Wildman–Crippen LogP) is 1.94. The van der Waals surface area contributed by atoms with Crippen LogP contribution in [-0.2, 0) is 0 Å². The Bertz CT molecular complexity index is 316. The maximum atomic E-state index is 3.61. The normalized spacial score (nSPS) is 10.4. The second-order valence-electron chi connectivity index (χ2n) is 3.55. The summed E-state index contributed by atoms with van der Waals surface area (Å²) in [5.74, 6) is 0. The Balaban J connectivity index is 3.16. The van der Waals surface area contributed by atoms with Crippen LogP contribution in [0.1, 0.15) is 25.0 Å². The van der Waals surface area contributed by atoms with Gasteiger partial charge in [-0.3, -0.25) is 0 Å². The Morgan fingerprint density at radius 3 is 2.14 bits per heavy atom. The smallest absolute Gasteiger partial charge is 0.0715 e. The molecule has 0 fully saturated rings. The minimum atomic E-state index is 1.07. The Kier molecular flexibility index (Phi) is 3.75. The van der Waals surface area contributed by atoms with Crippen molar-refractivity contribution in [1.82, 2.24) is 0 Å². The molecular formula is C12H18NSi. The van der Waals surface area contributed by atoms with E-state index in [1.165, 1.54) is 22.0 Å². The summed E-state index contributed by atoms with van der Waals surface area (Å²) in [5.41, 5.74) is 4.07. The van der Waals surface area contributed by atoms with Crippen molar-refractivity contribution < 1.29 is 0 Å². The van der Waals surface area contributed by atoms with Crippen LogP contribution in [0.2, 0.25) is 0 Å². The highest BCUT2D eigenvalue weighted by molar-refractivity contribution is 6.33. The van der Waals surface area contributed by atoms with E-state index in [1.54, 1.807) is 0 Å². The molecule has 0 aliphatic rings. The second-order valence-corrected chi connectivity index (χ2v) is 4.09. The summed E-state index contributed by atoms with van der Waals surface area (Å²) < 4.78 is 0. The van der Waals surface area contributed by atoms with Gasteiger partial charge in [-0.1, -0.05) is 11.3 Å². The maximum Gasteiger partial charge on any atom is 0.0715 e. The monoisotopic (exact) mass is 204 g/mol. The molecule has 0 saturated carbocycles. The van der Waals surface area contributed by atoms with Crippen molar-refractivity contribution in [2.75, 3.05) is 18.0 Å².